The van der Waals surface area contributed by atoms with Crippen molar-refractivity contribution in [3.8, 4) is 0 Å². The van der Waals surface area contributed by atoms with Crippen LogP contribution in [0.3, 0.4) is 0 Å². The number of fused-ring (bicyclic) bond motifs is 1. The molecule has 0 saturated carbocycles. The summed E-state index contributed by atoms with van der Waals surface area (Å²) in [5, 5.41) is 11.9. The third kappa shape index (κ3) is 3.63. The highest BCUT2D eigenvalue weighted by Crippen LogP contribution is 2.23. The highest BCUT2D eigenvalue weighted by atomic mass is 15.3. The van der Waals surface area contributed by atoms with Crippen molar-refractivity contribution in [3.05, 3.63) is 30.2 Å². The van der Waals surface area contributed by atoms with Crippen LogP contribution >= 0.6 is 0 Å². The largest absolute Gasteiger partial charge is 0.349 e. The van der Waals surface area contributed by atoms with Crippen LogP contribution in [-0.2, 0) is 6.54 Å². The lowest BCUT2D eigenvalue weighted by atomic mass is 9.97. The van der Waals surface area contributed by atoms with E-state index in [1.165, 1.54) is 12.8 Å². The van der Waals surface area contributed by atoms with Crippen molar-refractivity contribution in [2.75, 3.05) is 20.1 Å². The summed E-state index contributed by atoms with van der Waals surface area (Å²) < 4.78 is 2.01. The van der Waals surface area contributed by atoms with Crippen molar-refractivity contribution < 1.29 is 0 Å². The van der Waals surface area contributed by atoms with E-state index in [9.17, 15) is 0 Å². The average molecular weight is 314 g/mol. The second kappa shape index (κ2) is 6.98. The third-order valence-corrected chi connectivity index (χ3v) is 4.39. The molecule has 0 amide bonds. The molecule has 23 heavy (non-hydrogen) atoms. The van der Waals surface area contributed by atoms with Crippen LogP contribution < -0.4 is 5.32 Å². The van der Waals surface area contributed by atoms with Gasteiger partial charge in [0.15, 0.2) is 17.4 Å². The van der Waals surface area contributed by atoms with Crippen LogP contribution in [0.5, 0.6) is 0 Å². The van der Waals surface area contributed by atoms with Crippen LogP contribution in [0.15, 0.2) is 29.4 Å². The van der Waals surface area contributed by atoms with E-state index in [4.69, 9.17) is 0 Å². The molecule has 1 fully saturated rings. The summed E-state index contributed by atoms with van der Waals surface area (Å²) in [4.78, 5) is 6.79. The summed E-state index contributed by atoms with van der Waals surface area (Å²) in [5.74, 6) is 3.41. The molecule has 1 N–H and O–H groups in total. The molecule has 0 radical (unpaired) electrons. The second-order valence-corrected chi connectivity index (χ2v) is 6.68. The molecule has 1 unspecified atom stereocenters. The number of rotatable bonds is 4. The Morgan fingerprint density at radius 2 is 2.26 bits per heavy atom. The van der Waals surface area contributed by atoms with Gasteiger partial charge in [0.25, 0.3) is 0 Å². The van der Waals surface area contributed by atoms with E-state index in [0.717, 1.165) is 42.4 Å². The molecule has 2 aromatic rings. The molecular weight excluding hydrogens is 288 g/mol. The monoisotopic (exact) mass is 314 g/mol. The Morgan fingerprint density at radius 1 is 1.39 bits per heavy atom. The van der Waals surface area contributed by atoms with E-state index in [2.05, 4.69) is 39.3 Å². The van der Waals surface area contributed by atoms with Gasteiger partial charge < -0.3 is 10.2 Å². The number of pyridine rings is 1. The zero-order chi connectivity index (χ0) is 16.2. The Hall–Kier alpha value is -2.11. The van der Waals surface area contributed by atoms with Gasteiger partial charge in [-0.1, -0.05) is 19.9 Å². The topological polar surface area (TPSA) is 57.8 Å². The highest BCUT2D eigenvalue weighted by molar-refractivity contribution is 5.80. The Morgan fingerprint density at radius 3 is 3.04 bits per heavy atom. The van der Waals surface area contributed by atoms with Gasteiger partial charge in [-0.2, -0.15) is 0 Å². The lowest BCUT2D eigenvalue weighted by molar-refractivity contribution is 0.403. The van der Waals surface area contributed by atoms with Crippen molar-refractivity contribution in [1.82, 2.24) is 24.8 Å². The Bertz CT molecular complexity index is 675. The summed E-state index contributed by atoms with van der Waals surface area (Å²) in [6.07, 6.45) is 4.54. The van der Waals surface area contributed by atoms with E-state index in [1.54, 1.807) is 0 Å². The smallest absolute Gasteiger partial charge is 0.194 e. The number of aromatic nitrogens is 3. The van der Waals surface area contributed by atoms with Crippen molar-refractivity contribution in [2.45, 2.75) is 33.2 Å². The second-order valence-electron chi connectivity index (χ2n) is 6.68. The normalized spacial score (nSPS) is 19.0. The van der Waals surface area contributed by atoms with Crippen molar-refractivity contribution in [1.29, 1.82) is 0 Å². The third-order valence-electron chi connectivity index (χ3n) is 4.39. The maximum atomic E-state index is 4.44. The van der Waals surface area contributed by atoms with Gasteiger partial charge in [-0.05, 0) is 36.8 Å². The fourth-order valence-electron chi connectivity index (χ4n) is 3.39. The van der Waals surface area contributed by atoms with E-state index >= 15 is 0 Å². The van der Waals surface area contributed by atoms with E-state index in [-0.39, 0.29) is 0 Å². The molecule has 3 heterocycles. The number of nitrogens with one attached hydrogen (secondary N) is 1. The molecule has 0 aromatic carbocycles. The summed E-state index contributed by atoms with van der Waals surface area (Å²) in [7, 11) is 1.85. The van der Waals surface area contributed by atoms with Crippen LogP contribution in [0.4, 0.5) is 0 Å². The predicted octanol–water partition coefficient (Wildman–Crippen LogP) is 2.17. The molecule has 1 saturated heterocycles. The lowest BCUT2D eigenvalue weighted by Crippen LogP contribution is -2.40. The number of likely N-dealkylation sites (tertiary alicyclic amines) is 1. The molecule has 0 bridgehead atoms. The quantitative estimate of drug-likeness (QED) is 0.694. The van der Waals surface area contributed by atoms with Crippen molar-refractivity contribution >= 4 is 11.6 Å². The molecule has 6 heteroatoms. The van der Waals surface area contributed by atoms with Gasteiger partial charge in [0.1, 0.15) is 0 Å². The van der Waals surface area contributed by atoms with E-state index < -0.39 is 0 Å². The number of hydrogen-bond acceptors (Lipinski definition) is 3. The van der Waals surface area contributed by atoms with Gasteiger partial charge in [0, 0.05) is 26.3 Å². The van der Waals surface area contributed by atoms with Gasteiger partial charge in [0.2, 0.25) is 0 Å². The minimum Gasteiger partial charge on any atom is -0.349 e. The highest BCUT2D eigenvalue weighted by Gasteiger charge is 2.25. The molecule has 3 rings (SSSR count). The first-order valence-electron chi connectivity index (χ1n) is 8.41. The van der Waals surface area contributed by atoms with Crippen molar-refractivity contribution in [3.63, 3.8) is 0 Å². The lowest BCUT2D eigenvalue weighted by Gasteiger charge is -2.21. The van der Waals surface area contributed by atoms with Gasteiger partial charge in [-0.25, -0.2) is 0 Å². The molecule has 1 atom stereocenters. The summed E-state index contributed by atoms with van der Waals surface area (Å²) in [5.41, 5.74) is 0.873. The van der Waals surface area contributed by atoms with Crippen LogP contribution in [-0.4, -0.2) is 45.6 Å². The number of nitrogens with zero attached hydrogens (tertiary/aromatic N) is 5. The van der Waals surface area contributed by atoms with Crippen LogP contribution in [0.25, 0.3) is 5.65 Å². The average Bonchev–Trinajstić information content (AvgIpc) is 3.15. The molecule has 0 spiro atoms. The zero-order valence-corrected chi connectivity index (χ0v) is 14.2. The number of aliphatic imine (C=N–C) groups is 1. The number of hydrogen-bond donors (Lipinski definition) is 1. The molecule has 1 aliphatic rings. The first-order valence-corrected chi connectivity index (χ1v) is 8.41. The maximum absolute atomic E-state index is 4.44. The predicted molar refractivity (Wildman–Crippen MR) is 92.3 cm³/mol. The fourth-order valence-corrected chi connectivity index (χ4v) is 3.39. The van der Waals surface area contributed by atoms with E-state index in [1.807, 2.05) is 35.8 Å². The summed E-state index contributed by atoms with van der Waals surface area (Å²) >= 11 is 0. The zero-order valence-electron chi connectivity index (χ0n) is 14.2. The first kappa shape index (κ1) is 15.8. The first-order chi connectivity index (χ1) is 11.2. The summed E-state index contributed by atoms with van der Waals surface area (Å²) in [6.45, 7) is 7.40. The van der Waals surface area contributed by atoms with Crippen LogP contribution in [0.2, 0.25) is 0 Å². The molecule has 124 valence electrons. The Kier molecular flexibility index (Phi) is 4.79. The summed E-state index contributed by atoms with van der Waals surface area (Å²) in [6, 6.07) is 5.92. The SMILES string of the molecule is CN=C(NCc1nnc2ccccn12)N1CCC(CC(C)C)C1. The molecule has 6 nitrogen and oxygen atoms in total. The van der Waals surface area contributed by atoms with E-state index in [0.29, 0.717) is 6.54 Å². The van der Waals surface area contributed by atoms with Crippen LogP contribution in [0, 0.1) is 11.8 Å². The minimum atomic E-state index is 0.628. The van der Waals surface area contributed by atoms with Gasteiger partial charge >= 0.3 is 0 Å². The standard InChI is InChI=1S/C17H26N6/c1-13(2)10-14-7-9-22(12-14)17(18-3)19-11-16-21-20-15-6-4-5-8-23(15)16/h4-6,8,13-14H,7,9-12H2,1-3H3,(H,18,19). The molecule has 2 aromatic heterocycles. The molecule has 1 aliphatic heterocycles. The molecule has 0 aliphatic carbocycles. The van der Waals surface area contributed by atoms with Gasteiger partial charge in [-0.15, -0.1) is 10.2 Å². The number of guanidine groups is 1. The van der Waals surface area contributed by atoms with Gasteiger partial charge in [-0.3, -0.25) is 9.39 Å². The van der Waals surface area contributed by atoms with Crippen molar-refractivity contribution in [2.24, 2.45) is 16.8 Å². The fraction of sp³-hybridized carbons (Fsp3) is 0.588. The molecular formula is C17H26N6. The Balaban J connectivity index is 1.60. The van der Waals surface area contributed by atoms with Crippen LogP contribution in [0.1, 0.15) is 32.5 Å². The van der Waals surface area contributed by atoms with Gasteiger partial charge in [0.05, 0.1) is 6.54 Å². The maximum Gasteiger partial charge on any atom is 0.194 e. The Labute approximate surface area is 137 Å². The minimum absolute atomic E-state index is 0.628.